The number of Topliss-reactive ketones (excluding diaryl/α,β-unsaturated/α-hetero) is 1. The largest absolute Gasteiger partial charge is 0.497 e. The lowest BCUT2D eigenvalue weighted by molar-refractivity contribution is 0.0955. The highest BCUT2D eigenvalue weighted by Gasteiger charge is 2.17. The third-order valence-electron chi connectivity index (χ3n) is 3.34. The molecule has 0 heterocycles. The molecule has 1 rings (SSSR count). The first-order valence-corrected chi connectivity index (χ1v) is 6.41. The summed E-state index contributed by atoms with van der Waals surface area (Å²) >= 11 is 0. The molecule has 0 radical (unpaired) electrons. The van der Waals surface area contributed by atoms with Crippen molar-refractivity contribution in [2.24, 2.45) is 5.92 Å². The van der Waals surface area contributed by atoms with E-state index < -0.39 is 0 Å². The van der Waals surface area contributed by atoms with Gasteiger partial charge in [-0.1, -0.05) is 26.7 Å². The molecule has 0 saturated carbocycles. The molecule has 0 amide bonds. The maximum Gasteiger partial charge on any atom is 0.167 e. The Kier molecular flexibility index (Phi) is 5.69. The molecule has 100 valence electrons. The molecule has 18 heavy (non-hydrogen) atoms. The van der Waals surface area contributed by atoms with Crippen molar-refractivity contribution in [3.05, 3.63) is 23.8 Å². The summed E-state index contributed by atoms with van der Waals surface area (Å²) in [6.45, 7) is 4.23. The van der Waals surface area contributed by atoms with Gasteiger partial charge in [0.05, 0.1) is 19.8 Å². The highest BCUT2D eigenvalue weighted by atomic mass is 16.5. The molecule has 0 atom stereocenters. The van der Waals surface area contributed by atoms with Crippen LogP contribution in [0, 0.1) is 5.92 Å². The van der Waals surface area contributed by atoms with E-state index in [9.17, 15) is 4.79 Å². The van der Waals surface area contributed by atoms with Crippen LogP contribution in [0.5, 0.6) is 11.5 Å². The predicted molar refractivity (Wildman–Crippen MR) is 72.6 cm³/mol. The Morgan fingerprint density at radius 2 is 1.83 bits per heavy atom. The van der Waals surface area contributed by atoms with E-state index in [1.54, 1.807) is 32.4 Å². The fraction of sp³-hybridized carbons (Fsp3) is 0.533. The Hall–Kier alpha value is -1.51. The molecule has 0 saturated heterocycles. The Bertz CT molecular complexity index is 395. The van der Waals surface area contributed by atoms with Crippen LogP contribution in [0.3, 0.4) is 0 Å². The quantitative estimate of drug-likeness (QED) is 0.692. The van der Waals surface area contributed by atoms with Crippen molar-refractivity contribution in [1.82, 2.24) is 0 Å². The molecule has 0 unspecified atom stereocenters. The van der Waals surface area contributed by atoms with Crippen LogP contribution in [-0.4, -0.2) is 20.0 Å². The van der Waals surface area contributed by atoms with Gasteiger partial charge >= 0.3 is 0 Å². The van der Waals surface area contributed by atoms with E-state index in [1.165, 1.54) is 0 Å². The third-order valence-corrected chi connectivity index (χ3v) is 3.34. The van der Waals surface area contributed by atoms with Crippen molar-refractivity contribution in [3.63, 3.8) is 0 Å². The monoisotopic (exact) mass is 250 g/mol. The Morgan fingerprint density at radius 3 is 2.33 bits per heavy atom. The van der Waals surface area contributed by atoms with Crippen LogP contribution in [-0.2, 0) is 0 Å². The molecular formula is C15H22O3. The van der Waals surface area contributed by atoms with Crippen LogP contribution >= 0.6 is 0 Å². The van der Waals surface area contributed by atoms with Crippen LogP contribution in [0.1, 0.15) is 43.5 Å². The third kappa shape index (κ3) is 3.49. The topological polar surface area (TPSA) is 35.5 Å². The second kappa shape index (κ2) is 7.04. The number of rotatable bonds is 7. The fourth-order valence-electron chi connectivity index (χ4n) is 1.98. The van der Waals surface area contributed by atoms with Gasteiger partial charge in [0.25, 0.3) is 0 Å². The van der Waals surface area contributed by atoms with Gasteiger partial charge in [-0.15, -0.1) is 0 Å². The Balaban J connectivity index is 2.95. The van der Waals surface area contributed by atoms with Crippen molar-refractivity contribution in [2.45, 2.75) is 33.1 Å². The van der Waals surface area contributed by atoms with Gasteiger partial charge in [-0.3, -0.25) is 4.79 Å². The van der Waals surface area contributed by atoms with Crippen LogP contribution in [0.4, 0.5) is 0 Å². The lowest BCUT2D eigenvalue weighted by Gasteiger charge is -2.13. The summed E-state index contributed by atoms with van der Waals surface area (Å²) in [7, 11) is 3.17. The van der Waals surface area contributed by atoms with Gasteiger partial charge < -0.3 is 9.47 Å². The van der Waals surface area contributed by atoms with E-state index in [1.807, 2.05) is 0 Å². The number of hydrogen-bond acceptors (Lipinski definition) is 3. The molecule has 0 bridgehead atoms. The van der Waals surface area contributed by atoms with Crippen LogP contribution in [0.25, 0.3) is 0 Å². The summed E-state index contributed by atoms with van der Waals surface area (Å²) in [5, 5.41) is 0. The molecule has 0 aromatic heterocycles. The average Bonchev–Trinajstić information content (AvgIpc) is 2.43. The second-order valence-electron chi connectivity index (χ2n) is 4.38. The highest BCUT2D eigenvalue weighted by molar-refractivity contribution is 5.99. The first-order valence-electron chi connectivity index (χ1n) is 6.41. The number of ether oxygens (including phenoxy) is 2. The van der Waals surface area contributed by atoms with Crippen molar-refractivity contribution in [2.75, 3.05) is 14.2 Å². The smallest absolute Gasteiger partial charge is 0.167 e. The van der Waals surface area contributed by atoms with Gasteiger partial charge in [-0.2, -0.15) is 0 Å². The Labute approximate surface area is 109 Å². The zero-order valence-electron chi connectivity index (χ0n) is 11.7. The van der Waals surface area contributed by atoms with Crippen molar-refractivity contribution < 1.29 is 14.3 Å². The number of methoxy groups -OCH3 is 2. The number of benzene rings is 1. The van der Waals surface area contributed by atoms with Crippen LogP contribution in [0.2, 0.25) is 0 Å². The molecule has 0 aliphatic rings. The van der Waals surface area contributed by atoms with Gasteiger partial charge in [-0.25, -0.2) is 0 Å². The molecule has 3 heteroatoms. The normalized spacial score (nSPS) is 10.5. The van der Waals surface area contributed by atoms with Crippen LogP contribution in [0.15, 0.2) is 18.2 Å². The molecular weight excluding hydrogens is 228 g/mol. The minimum absolute atomic E-state index is 0.124. The number of ketones is 1. The van der Waals surface area contributed by atoms with E-state index >= 15 is 0 Å². The summed E-state index contributed by atoms with van der Waals surface area (Å²) in [5.74, 6) is 1.86. The maximum atomic E-state index is 12.3. The van der Waals surface area contributed by atoms with Gasteiger partial charge in [-0.05, 0) is 24.1 Å². The van der Waals surface area contributed by atoms with E-state index in [-0.39, 0.29) is 5.78 Å². The average molecular weight is 250 g/mol. The maximum absolute atomic E-state index is 12.3. The minimum atomic E-state index is 0.124. The molecule has 0 N–H and O–H groups in total. The molecule has 0 aliphatic carbocycles. The van der Waals surface area contributed by atoms with Gasteiger partial charge in [0.15, 0.2) is 5.78 Å². The number of hydrogen-bond donors (Lipinski definition) is 0. The summed E-state index contributed by atoms with van der Waals surface area (Å²) in [5.41, 5.74) is 0.615. The standard InChI is InChI=1S/C15H22O3/c1-5-11(6-2)9-14(16)13-10-12(17-3)7-8-15(13)18-4/h7-8,10-11H,5-6,9H2,1-4H3. The van der Waals surface area contributed by atoms with E-state index in [2.05, 4.69) is 13.8 Å². The molecule has 1 aromatic rings. The van der Waals surface area contributed by atoms with Gasteiger partial charge in [0.2, 0.25) is 0 Å². The first-order chi connectivity index (χ1) is 8.65. The molecule has 0 fully saturated rings. The van der Waals surface area contributed by atoms with Gasteiger partial charge in [0, 0.05) is 6.42 Å². The van der Waals surface area contributed by atoms with E-state index in [0.717, 1.165) is 12.8 Å². The lowest BCUT2D eigenvalue weighted by atomic mass is 9.93. The fourth-order valence-corrected chi connectivity index (χ4v) is 1.98. The van der Waals surface area contributed by atoms with Crippen molar-refractivity contribution in [1.29, 1.82) is 0 Å². The summed E-state index contributed by atoms with van der Waals surface area (Å²) in [6, 6.07) is 5.33. The van der Waals surface area contributed by atoms with E-state index in [0.29, 0.717) is 29.4 Å². The second-order valence-corrected chi connectivity index (χ2v) is 4.38. The summed E-state index contributed by atoms with van der Waals surface area (Å²) in [4.78, 5) is 12.3. The van der Waals surface area contributed by atoms with Crippen molar-refractivity contribution >= 4 is 5.78 Å². The molecule has 3 nitrogen and oxygen atoms in total. The highest BCUT2D eigenvalue weighted by Crippen LogP contribution is 2.27. The zero-order valence-corrected chi connectivity index (χ0v) is 11.7. The zero-order chi connectivity index (χ0) is 13.5. The first kappa shape index (κ1) is 14.6. The lowest BCUT2D eigenvalue weighted by Crippen LogP contribution is -2.09. The van der Waals surface area contributed by atoms with Crippen molar-refractivity contribution in [3.8, 4) is 11.5 Å². The van der Waals surface area contributed by atoms with Gasteiger partial charge in [0.1, 0.15) is 11.5 Å². The SMILES string of the molecule is CCC(CC)CC(=O)c1cc(OC)ccc1OC. The van der Waals surface area contributed by atoms with E-state index in [4.69, 9.17) is 9.47 Å². The summed E-state index contributed by atoms with van der Waals surface area (Å²) in [6.07, 6.45) is 2.61. The molecule has 1 aromatic carbocycles. The molecule has 0 spiro atoms. The molecule has 0 aliphatic heterocycles. The number of carbonyl (C=O) groups is 1. The predicted octanol–water partition coefficient (Wildman–Crippen LogP) is 3.71. The van der Waals surface area contributed by atoms with Crippen LogP contribution < -0.4 is 9.47 Å². The summed E-state index contributed by atoms with van der Waals surface area (Å²) < 4.78 is 10.4. The number of carbonyl (C=O) groups excluding carboxylic acids is 1. The minimum Gasteiger partial charge on any atom is -0.497 e. The Morgan fingerprint density at radius 1 is 1.17 bits per heavy atom.